The number of ether oxygens (including phenoxy) is 1. The number of benzene rings is 1. The highest BCUT2D eigenvalue weighted by molar-refractivity contribution is 5.32. The lowest BCUT2D eigenvalue weighted by molar-refractivity contribution is 0.0426. The van der Waals surface area contributed by atoms with Crippen LogP contribution in [0.4, 0.5) is 0 Å². The van der Waals surface area contributed by atoms with Crippen LogP contribution in [0, 0.1) is 28.6 Å². The summed E-state index contributed by atoms with van der Waals surface area (Å²) in [5, 5.41) is 18.4. The first-order valence-corrected chi connectivity index (χ1v) is 5.76. The Hall–Kier alpha value is -1.84. The molecule has 3 nitrogen and oxygen atoms in total. The van der Waals surface area contributed by atoms with Gasteiger partial charge in [0, 0.05) is 18.6 Å². The molecule has 0 atom stereocenters. The summed E-state index contributed by atoms with van der Waals surface area (Å²) in [6.07, 6.45) is 1.48. The Kier molecular flexibility index (Phi) is 3.42. The Morgan fingerprint density at radius 2 is 1.65 bits per heavy atom. The van der Waals surface area contributed by atoms with Gasteiger partial charge in [-0.25, -0.2) is 0 Å². The first-order chi connectivity index (χ1) is 8.33. The van der Waals surface area contributed by atoms with Crippen LogP contribution in [0.15, 0.2) is 30.3 Å². The molecule has 0 saturated carbocycles. The van der Waals surface area contributed by atoms with Gasteiger partial charge < -0.3 is 4.74 Å². The normalized spacial score (nSPS) is 18.3. The van der Waals surface area contributed by atoms with E-state index in [9.17, 15) is 10.5 Å². The monoisotopic (exact) mass is 226 g/mol. The van der Waals surface area contributed by atoms with E-state index in [4.69, 9.17) is 4.74 Å². The number of rotatable bonds is 2. The third-order valence-corrected chi connectivity index (χ3v) is 3.54. The van der Waals surface area contributed by atoms with Gasteiger partial charge in [-0.05, 0) is 18.4 Å². The van der Waals surface area contributed by atoms with Crippen molar-refractivity contribution in [2.45, 2.75) is 18.3 Å². The largest absolute Gasteiger partial charge is 0.381 e. The second-order valence-electron chi connectivity index (χ2n) is 4.33. The van der Waals surface area contributed by atoms with Crippen LogP contribution in [0.1, 0.15) is 18.4 Å². The van der Waals surface area contributed by atoms with Crippen LogP contribution in [-0.2, 0) is 10.2 Å². The van der Waals surface area contributed by atoms with Gasteiger partial charge in [-0.2, -0.15) is 10.5 Å². The molecule has 0 aliphatic carbocycles. The van der Waals surface area contributed by atoms with E-state index in [0.717, 1.165) is 18.4 Å². The molecule has 1 aromatic carbocycles. The number of hydrogen-bond donors (Lipinski definition) is 0. The van der Waals surface area contributed by atoms with Gasteiger partial charge in [0.2, 0.25) is 0 Å². The van der Waals surface area contributed by atoms with E-state index in [1.165, 1.54) is 0 Å². The molecular formula is C14H14N2O. The van der Waals surface area contributed by atoms with Gasteiger partial charge >= 0.3 is 0 Å². The van der Waals surface area contributed by atoms with Crippen molar-refractivity contribution in [3.8, 4) is 12.1 Å². The number of nitriles is 2. The van der Waals surface area contributed by atoms with Crippen molar-refractivity contribution in [1.29, 1.82) is 10.5 Å². The quantitative estimate of drug-likeness (QED) is 0.778. The number of nitrogens with zero attached hydrogens (tertiary/aromatic N) is 2. The maximum Gasteiger partial charge on any atom is 0.143 e. The molecule has 0 spiro atoms. The van der Waals surface area contributed by atoms with E-state index >= 15 is 0 Å². The zero-order valence-electron chi connectivity index (χ0n) is 9.60. The minimum absolute atomic E-state index is 0.358. The molecule has 0 amide bonds. The highest BCUT2D eigenvalue weighted by Crippen LogP contribution is 2.41. The lowest BCUT2D eigenvalue weighted by Gasteiger charge is -2.38. The molecule has 3 heteroatoms. The summed E-state index contributed by atoms with van der Waals surface area (Å²) in [5.41, 5.74) is 0.722. The summed E-state index contributed by atoms with van der Waals surface area (Å²) in [6, 6.07) is 14.2. The van der Waals surface area contributed by atoms with Gasteiger partial charge in [-0.1, -0.05) is 30.3 Å². The van der Waals surface area contributed by atoms with E-state index in [1.54, 1.807) is 0 Å². The van der Waals surface area contributed by atoms with Gasteiger partial charge in [0.05, 0.1) is 12.1 Å². The van der Waals surface area contributed by atoms with Crippen molar-refractivity contribution in [3.63, 3.8) is 0 Å². The molecule has 0 unspecified atom stereocenters. The third-order valence-electron chi connectivity index (χ3n) is 3.54. The molecule has 1 aromatic rings. The Bertz CT molecular complexity index is 435. The van der Waals surface area contributed by atoms with Gasteiger partial charge in [0.15, 0.2) is 0 Å². The van der Waals surface area contributed by atoms with Crippen molar-refractivity contribution in [2.24, 2.45) is 5.92 Å². The molecule has 1 saturated heterocycles. The molecule has 0 bridgehead atoms. The maximum absolute atomic E-state index is 9.19. The van der Waals surface area contributed by atoms with Crippen LogP contribution >= 0.6 is 0 Å². The van der Waals surface area contributed by atoms with E-state index < -0.39 is 5.92 Å². The Balaban J connectivity index is 2.44. The lowest BCUT2D eigenvalue weighted by Crippen LogP contribution is -2.39. The minimum Gasteiger partial charge on any atom is -0.381 e. The SMILES string of the molecule is N#CC(C#N)C1(c2ccccc2)CCOCC1. The standard InChI is InChI=1S/C14H14N2O/c15-10-13(11-16)14(6-8-17-9-7-14)12-4-2-1-3-5-12/h1-5,13H,6-9H2. The average molecular weight is 226 g/mol. The first kappa shape index (κ1) is 11.6. The van der Waals surface area contributed by atoms with Crippen molar-refractivity contribution in [2.75, 3.05) is 13.2 Å². The second kappa shape index (κ2) is 4.99. The Labute approximate surface area is 101 Å². The van der Waals surface area contributed by atoms with Crippen molar-refractivity contribution in [3.05, 3.63) is 35.9 Å². The molecule has 86 valence electrons. The molecule has 0 N–H and O–H groups in total. The van der Waals surface area contributed by atoms with E-state index in [2.05, 4.69) is 12.1 Å². The molecule has 1 heterocycles. The van der Waals surface area contributed by atoms with Crippen LogP contribution in [-0.4, -0.2) is 13.2 Å². The highest BCUT2D eigenvalue weighted by atomic mass is 16.5. The lowest BCUT2D eigenvalue weighted by atomic mass is 9.66. The molecule has 2 rings (SSSR count). The Morgan fingerprint density at radius 1 is 1.06 bits per heavy atom. The Morgan fingerprint density at radius 3 is 2.18 bits per heavy atom. The molecule has 1 aliphatic rings. The zero-order chi connectivity index (χ0) is 12.1. The summed E-state index contributed by atoms with van der Waals surface area (Å²) in [6.45, 7) is 1.24. The predicted octanol–water partition coefficient (Wildman–Crippen LogP) is 2.40. The summed E-state index contributed by atoms with van der Waals surface area (Å²) in [5.74, 6) is -0.603. The van der Waals surface area contributed by atoms with Gasteiger partial charge in [-0.3, -0.25) is 0 Å². The minimum atomic E-state index is -0.603. The molecule has 1 aliphatic heterocycles. The maximum atomic E-state index is 9.19. The summed E-state index contributed by atoms with van der Waals surface area (Å²) < 4.78 is 5.37. The van der Waals surface area contributed by atoms with Crippen molar-refractivity contribution in [1.82, 2.24) is 0 Å². The van der Waals surface area contributed by atoms with Gasteiger partial charge in [0.1, 0.15) is 5.92 Å². The van der Waals surface area contributed by atoms with E-state index in [0.29, 0.717) is 13.2 Å². The molecular weight excluding hydrogens is 212 g/mol. The first-order valence-electron chi connectivity index (χ1n) is 5.76. The predicted molar refractivity (Wildman–Crippen MR) is 62.9 cm³/mol. The van der Waals surface area contributed by atoms with Crippen molar-refractivity contribution < 1.29 is 4.74 Å². The van der Waals surface area contributed by atoms with E-state index in [-0.39, 0.29) is 5.41 Å². The van der Waals surface area contributed by atoms with Crippen LogP contribution in [0.5, 0.6) is 0 Å². The second-order valence-corrected chi connectivity index (χ2v) is 4.33. The van der Waals surface area contributed by atoms with E-state index in [1.807, 2.05) is 30.3 Å². The van der Waals surface area contributed by atoms with Gasteiger partial charge in [-0.15, -0.1) is 0 Å². The average Bonchev–Trinajstić information content (AvgIpc) is 2.42. The van der Waals surface area contributed by atoms with Crippen molar-refractivity contribution >= 4 is 0 Å². The fourth-order valence-electron chi connectivity index (χ4n) is 2.53. The summed E-state index contributed by atoms with van der Waals surface area (Å²) in [7, 11) is 0. The highest BCUT2D eigenvalue weighted by Gasteiger charge is 2.42. The molecule has 17 heavy (non-hydrogen) atoms. The van der Waals surface area contributed by atoms with Crippen LogP contribution in [0.3, 0.4) is 0 Å². The molecule has 0 aromatic heterocycles. The fourth-order valence-corrected chi connectivity index (χ4v) is 2.53. The fraction of sp³-hybridized carbons (Fsp3) is 0.429. The summed E-state index contributed by atoms with van der Waals surface area (Å²) >= 11 is 0. The zero-order valence-corrected chi connectivity index (χ0v) is 9.60. The van der Waals surface area contributed by atoms with Gasteiger partial charge in [0.25, 0.3) is 0 Å². The summed E-state index contributed by atoms with van der Waals surface area (Å²) in [4.78, 5) is 0. The topological polar surface area (TPSA) is 56.8 Å². The molecule has 0 radical (unpaired) electrons. The number of hydrogen-bond acceptors (Lipinski definition) is 3. The van der Waals surface area contributed by atoms with Crippen LogP contribution in [0.25, 0.3) is 0 Å². The smallest absolute Gasteiger partial charge is 0.143 e. The molecule has 1 fully saturated rings. The third kappa shape index (κ3) is 2.02. The van der Waals surface area contributed by atoms with Crippen LogP contribution in [0.2, 0.25) is 0 Å². The van der Waals surface area contributed by atoms with Crippen LogP contribution < -0.4 is 0 Å².